The Balaban J connectivity index is 1.50. The van der Waals surface area contributed by atoms with E-state index in [1.807, 2.05) is 18.2 Å². The molecule has 200 valence electrons. The number of nitrogens with zero attached hydrogens (tertiary/aromatic N) is 3. The van der Waals surface area contributed by atoms with Gasteiger partial charge >= 0.3 is 0 Å². The van der Waals surface area contributed by atoms with Crippen LogP contribution in [0.5, 0.6) is 0 Å². The second kappa shape index (κ2) is 11.0. The minimum Gasteiger partial charge on any atom is -0.352 e. The van der Waals surface area contributed by atoms with Crippen molar-refractivity contribution < 1.29 is 9.18 Å². The molecule has 1 amide bonds. The highest BCUT2D eigenvalue weighted by atomic mass is 32.1. The molecule has 4 aromatic rings. The molecular formula is C31H32FN5OS. The third-order valence-corrected chi connectivity index (χ3v) is 7.73. The third-order valence-electron chi connectivity index (χ3n) is 7.38. The summed E-state index contributed by atoms with van der Waals surface area (Å²) in [4.78, 5) is 19.5. The molecule has 0 aliphatic carbocycles. The number of amides is 1. The number of aryl methyl sites for hydroxylation is 3. The number of thiocarbonyl (C=S) groups is 1. The molecule has 0 saturated carbocycles. The smallest absolute Gasteiger partial charge is 0.226 e. The molecular weight excluding hydrogens is 509 g/mol. The number of aromatic nitrogens is 2. The summed E-state index contributed by atoms with van der Waals surface area (Å²) in [6, 6.07) is 20.2. The van der Waals surface area contributed by atoms with Crippen molar-refractivity contribution in [3.05, 3.63) is 113 Å². The van der Waals surface area contributed by atoms with E-state index in [2.05, 4.69) is 77.0 Å². The lowest BCUT2D eigenvalue weighted by atomic mass is 9.96. The number of rotatable bonds is 7. The molecule has 1 aliphatic rings. The first kappa shape index (κ1) is 26.6. The Labute approximate surface area is 233 Å². The van der Waals surface area contributed by atoms with Crippen LogP contribution in [0.15, 0.2) is 72.9 Å². The van der Waals surface area contributed by atoms with Crippen LogP contribution in [0.25, 0.3) is 5.69 Å². The molecule has 0 spiro atoms. The molecule has 2 aromatic carbocycles. The zero-order chi connectivity index (χ0) is 27.7. The third kappa shape index (κ3) is 5.16. The highest BCUT2D eigenvalue weighted by molar-refractivity contribution is 7.80. The van der Waals surface area contributed by atoms with Crippen LogP contribution in [0.3, 0.4) is 0 Å². The van der Waals surface area contributed by atoms with E-state index in [0.717, 1.165) is 22.6 Å². The van der Waals surface area contributed by atoms with Crippen LogP contribution in [-0.4, -0.2) is 32.0 Å². The monoisotopic (exact) mass is 541 g/mol. The van der Waals surface area contributed by atoms with Gasteiger partial charge in [-0.3, -0.25) is 9.78 Å². The van der Waals surface area contributed by atoms with Crippen LogP contribution in [-0.2, 0) is 4.79 Å². The second-order valence-electron chi connectivity index (χ2n) is 10.0. The van der Waals surface area contributed by atoms with Crippen molar-refractivity contribution in [3.63, 3.8) is 0 Å². The fraction of sp³-hybridized carbons (Fsp3) is 0.258. The maximum Gasteiger partial charge on any atom is 0.226 e. The van der Waals surface area contributed by atoms with Crippen molar-refractivity contribution in [3.8, 4) is 5.69 Å². The predicted octanol–water partition coefficient (Wildman–Crippen LogP) is 6.25. The van der Waals surface area contributed by atoms with Crippen molar-refractivity contribution in [2.24, 2.45) is 0 Å². The van der Waals surface area contributed by atoms with Crippen LogP contribution >= 0.6 is 12.2 Å². The van der Waals surface area contributed by atoms with Gasteiger partial charge in [0.15, 0.2) is 5.11 Å². The van der Waals surface area contributed by atoms with Gasteiger partial charge < -0.3 is 20.1 Å². The van der Waals surface area contributed by atoms with Gasteiger partial charge in [-0.1, -0.05) is 36.4 Å². The van der Waals surface area contributed by atoms with E-state index in [1.165, 1.54) is 22.9 Å². The quantitative estimate of drug-likeness (QED) is 0.271. The van der Waals surface area contributed by atoms with Gasteiger partial charge in [0.2, 0.25) is 5.91 Å². The molecule has 0 unspecified atom stereocenters. The van der Waals surface area contributed by atoms with Gasteiger partial charge in [0.05, 0.1) is 29.2 Å². The number of hydrogen-bond acceptors (Lipinski definition) is 3. The average molecular weight is 542 g/mol. The summed E-state index contributed by atoms with van der Waals surface area (Å²) in [6.45, 7) is 8.88. The Hall–Kier alpha value is -4.04. The summed E-state index contributed by atoms with van der Waals surface area (Å²) >= 11 is 5.80. The molecule has 8 heteroatoms. The minimum atomic E-state index is -0.462. The van der Waals surface area contributed by atoms with Gasteiger partial charge in [0.1, 0.15) is 5.82 Å². The van der Waals surface area contributed by atoms with Crippen molar-refractivity contribution >= 4 is 28.9 Å². The van der Waals surface area contributed by atoms with Crippen molar-refractivity contribution in [1.29, 1.82) is 0 Å². The van der Waals surface area contributed by atoms with E-state index in [-0.39, 0.29) is 30.1 Å². The lowest BCUT2D eigenvalue weighted by Crippen LogP contribution is -2.33. The Bertz CT molecular complexity index is 1510. The first-order chi connectivity index (χ1) is 18.8. The van der Waals surface area contributed by atoms with Gasteiger partial charge in [0, 0.05) is 30.6 Å². The number of para-hydroxylation sites is 2. The van der Waals surface area contributed by atoms with Crippen molar-refractivity contribution in [2.45, 2.75) is 46.2 Å². The minimum absolute atomic E-state index is 0.150. The molecule has 1 saturated heterocycles. The molecule has 3 heterocycles. The van der Waals surface area contributed by atoms with E-state index < -0.39 is 5.82 Å². The SMILES string of the molecule is Cc1cccc(C)c1-n1c(C)cc([C@@H]2[C@H](c3ccccn3)NC(=S)N2CCC(=O)Nc2ccccc2F)c1C. The number of halogens is 1. The highest BCUT2D eigenvalue weighted by Crippen LogP contribution is 2.42. The molecule has 6 nitrogen and oxygen atoms in total. The van der Waals surface area contributed by atoms with Crippen molar-refractivity contribution in [1.82, 2.24) is 19.8 Å². The van der Waals surface area contributed by atoms with Crippen LogP contribution in [0.4, 0.5) is 10.1 Å². The topological polar surface area (TPSA) is 62.2 Å². The molecule has 2 atom stereocenters. The number of carbonyl (C=O) groups is 1. The number of nitrogens with one attached hydrogen (secondary N) is 2. The maximum absolute atomic E-state index is 14.1. The second-order valence-corrected chi connectivity index (χ2v) is 10.4. The first-order valence-electron chi connectivity index (χ1n) is 13.0. The number of pyridine rings is 1. The zero-order valence-corrected chi connectivity index (χ0v) is 23.3. The number of carbonyl (C=O) groups excluding carboxylic acids is 1. The Morgan fingerprint density at radius 3 is 2.44 bits per heavy atom. The van der Waals surface area contributed by atoms with E-state index >= 15 is 0 Å². The van der Waals surface area contributed by atoms with Gasteiger partial charge in [0.25, 0.3) is 0 Å². The normalized spacial score (nSPS) is 16.8. The van der Waals surface area contributed by atoms with E-state index in [1.54, 1.807) is 24.4 Å². The average Bonchev–Trinajstić information content (AvgIpc) is 3.39. The van der Waals surface area contributed by atoms with Crippen molar-refractivity contribution in [2.75, 3.05) is 11.9 Å². The molecule has 1 aliphatic heterocycles. The van der Waals surface area contributed by atoms with E-state index in [4.69, 9.17) is 12.2 Å². The van der Waals surface area contributed by atoms with Crippen LogP contribution < -0.4 is 10.6 Å². The summed E-state index contributed by atoms with van der Waals surface area (Å²) in [5.41, 5.74) is 7.98. The molecule has 1 fully saturated rings. The standard InChI is InChI=1S/C31H32FN5OS/c1-19-10-9-11-20(2)29(19)37-21(3)18-23(22(37)4)30-28(26-14-7-8-16-33-26)35-31(39)36(30)17-15-27(38)34-25-13-6-5-12-24(25)32/h5-14,16,18,28,30H,15,17H2,1-4H3,(H,34,38)(H,35,39)/t28-,30+/m0/s1. The first-order valence-corrected chi connectivity index (χ1v) is 13.4. The maximum atomic E-state index is 14.1. The molecule has 0 radical (unpaired) electrons. The van der Waals surface area contributed by atoms with Gasteiger partial charge in [-0.25, -0.2) is 4.39 Å². The van der Waals surface area contributed by atoms with E-state index in [9.17, 15) is 9.18 Å². The predicted molar refractivity (Wildman–Crippen MR) is 157 cm³/mol. The summed E-state index contributed by atoms with van der Waals surface area (Å²) in [5.74, 6) is -0.736. The lowest BCUT2D eigenvalue weighted by Gasteiger charge is -2.28. The fourth-order valence-corrected chi connectivity index (χ4v) is 5.90. The molecule has 2 aromatic heterocycles. The van der Waals surface area contributed by atoms with Gasteiger partial charge in [-0.05, 0) is 86.9 Å². The lowest BCUT2D eigenvalue weighted by molar-refractivity contribution is -0.116. The molecule has 2 N–H and O–H groups in total. The Kier molecular flexibility index (Phi) is 7.48. The summed E-state index contributed by atoms with van der Waals surface area (Å²) in [6.07, 6.45) is 1.93. The largest absolute Gasteiger partial charge is 0.352 e. The Morgan fingerprint density at radius 1 is 1.03 bits per heavy atom. The van der Waals surface area contributed by atoms with Crippen LogP contribution in [0.2, 0.25) is 0 Å². The number of anilines is 1. The van der Waals surface area contributed by atoms with Crippen LogP contribution in [0.1, 0.15) is 52.3 Å². The highest BCUT2D eigenvalue weighted by Gasteiger charge is 2.41. The van der Waals surface area contributed by atoms with E-state index in [0.29, 0.717) is 11.7 Å². The Morgan fingerprint density at radius 2 is 1.74 bits per heavy atom. The van der Waals surface area contributed by atoms with Crippen LogP contribution in [0, 0.1) is 33.5 Å². The zero-order valence-electron chi connectivity index (χ0n) is 22.5. The molecule has 39 heavy (non-hydrogen) atoms. The summed E-state index contributed by atoms with van der Waals surface area (Å²) in [7, 11) is 0. The summed E-state index contributed by atoms with van der Waals surface area (Å²) in [5, 5.41) is 6.71. The molecule has 0 bridgehead atoms. The fourth-order valence-electron chi connectivity index (χ4n) is 5.57. The number of hydrogen-bond donors (Lipinski definition) is 2. The van der Waals surface area contributed by atoms with Gasteiger partial charge in [-0.15, -0.1) is 0 Å². The molecule has 5 rings (SSSR count). The van der Waals surface area contributed by atoms with Gasteiger partial charge in [-0.2, -0.15) is 0 Å². The number of benzene rings is 2. The summed E-state index contributed by atoms with van der Waals surface area (Å²) < 4.78 is 16.4.